The van der Waals surface area contributed by atoms with E-state index >= 15 is 0 Å². The molecule has 2 aromatic carbocycles. The van der Waals surface area contributed by atoms with Crippen molar-refractivity contribution in [2.45, 2.75) is 32.8 Å². The van der Waals surface area contributed by atoms with Crippen LogP contribution in [0.5, 0.6) is 0 Å². The lowest BCUT2D eigenvalue weighted by molar-refractivity contribution is -0.132. The van der Waals surface area contributed by atoms with Crippen molar-refractivity contribution < 1.29 is 19.5 Å². The lowest BCUT2D eigenvalue weighted by atomic mass is 10.0. The summed E-state index contributed by atoms with van der Waals surface area (Å²) in [5, 5.41) is 13.4. The van der Waals surface area contributed by atoms with Gasteiger partial charge in [0.05, 0.1) is 12.8 Å². The largest absolute Gasteiger partial charge is 0.464 e. The molecule has 2 aromatic rings. The van der Waals surface area contributed by atoms with E-state index in [1.165, 1.54) is 24.7 Å². The number of carbonyl (C=O) groups excluding carboxylic acids is 1. The van der Waals surface area contributed by atoms with Gasteiger partial charge in [0.1, 0.15) is 13.3 Å². The van der Waals surface area contributed by atoms with Crippen LogP contribution in [0.25, 0.3) is 0 Å². The lowest BCUT2D eigenvalue weighted by Crippen LogP contribution is -2.19. The third-order valence-electron chi connectivity index (χ3n) is 4.82. The molecule has 0 aromatic heterocycles. The predicted molar refractivity (Wildman–Crippen MR) is 108 cm³/mol. The van der Waals surface area contributed by atoms with E-state index in [-0.39, 0.29) is 12.3 Å². The van der Waals surface area contributed by atoms with Crippen molar-refractivity contribution in [2.24, 2.45) is 10.1 Å². The maximum absolute atomic E-state index is 12.0. The number of hydrogen-bond donors (Lipinski definition) is 1. The van der Waals surface area contributed by atoms with E-state index in [0.29, 0.717) is 5.56 Å². The summed E-state index contributed by atoms with van der Waals surface area (Å²) in [4.78, 5) is 21.4. The summed E-state index contributed by atoms with van der Waals surface area (Å²) in [5.74, 6) is -0.612. The van der Waals surface area contributed by atoms with Crippen molar-refractivity contribution in [2.75, 3.05) is 13.8 Å². The summed E-state index contributed by atoms with van der Waals surface area (Å²) in [7, 11) is 1.28. The number of nitrogens with zero attached hydrogens (tertiary/aromatic N) is 2. The van der Waals surface area contributed by atoms with Crippen LogP contribution in [0, 0.1) is 0 Å². The molecule has 1 N–H and O–H groups in total. The fourth-order valence-electron chi connectivity index (χ4n) is 3.35. The second-order valence-corrected chi connectivity index (χ2v) is 6.58. The van der Waals surface area contributed by atoms with E-state index in [1.54, 1.807) is 12.1 Å². The van der Waals surface area contributed by atoms with Crippen molar-refractivity contribution in [3.05, 3.63) is 70.3 Å². The van der Waals surface area contributed by atoms with Gasteiger partial charge in [-0.05, 0) is 48.9 Å². The van der Waals surface area contributed by atoms with Crippen LogP contribution in [0.2, 0.25) is 0 Å². The number of rotatable bonds is 7. The summed E-state index contributed by atoms with van der Waals surface area (Å²) in [6.45, 7) is 1.57. The summed E-state index contributed by atoms with van der Waals surface area (Å²) in [6, 6.07) is 13.6. The molecule has 6 nitrogen and oxygen atoms in total. The minimum atomic E-state index is -0.612. The quantitative estimate of drug-likeness (QED) is 0.455. The van der Waals surface area contributed by atoms with Crippen LogP contribution < -0.4 is 0 Å². The van der Waals surface area contributed by atoms with Gasteiger partial charge < -0.3 is 14.7 Å². The normalized spacial score (nSPS) is 14.0. The number of methoxy groups -OCH3 is 1. The Bertz CT molecular complexity index is 919. The van der Waals surface area contributed by atoms with Crippen LogP contribution in [0.4, 0.5) is 0 Å². The molecule has 0 spiro atoms. The molecule has 3 rings (SSSR count). The molecule has 28 heavy (non-hydrogen) atoms. The number of hydrogen-bond acceptors (Lipinski definition) is 6. The van der Waals surface area contributed by atoms with Gasteiger partial charge in [0.2, 0.25) is 0 Å². The molecule has 6 heteroatoms. The van der Waals surface area contributed by atoms with Crippen LogP contribution in [0.1, 0.15) is 41.2 Å². The first-order valence-corrected chi connectivity index (χ1v) is 9.24. The fourth-order valence-corrected chi connectivity index (χ4v) is 3.35. The van der Waals surface area contributed by atoms with Gasteiger partial charge in [0.25, 0.3) is 0 Å². The van der Waals surface area contributed by atoms with E-state index in [2.05, 4.69) is 28.3 Å². The first kappa shape index (κ1) is 19.8. The first-order chi connectivity index (χ1) is 13.6. The van der Waals surface area contributed by atoms with Crippen LogP contribution in [0.15, 0.2) is 52.6 Å². The molecule has 0 atom stereocenters. The smallest absolute Gasteiger partial charge is 0.356 e. The number of ether oxygens (including phenoxy) is 1. The standard InChI is InChI=1S/C22H24N2O4/c1-15(17-11-10-16-7-5-8-18(16)12-17)24-28-13-19-6-3-4-9-20(19)21(23-14-25)22(26)27-2/h3-4,6,9-12,25H,5,7-8,13-14H2,1-2H3/b23-21+,24-15+. The number of aryl methyl sites for hydroxylation is 2. The number of fused-ring (bicyclic) bond motifs is 1. The number of esters is 1. The number of aliphatic hydroxyl groups is 1. The number of aliphatic hydroxyl groups excluding tert-OH is 1. The molecule has 0 radical (unpaired) electrons. The average Bonchev–Trinajstić information content (AvgIpc) is 3.19. The molecule has 0 aliphatic heterocycles. The Morgan fingerprint density at radius 3 is 2.71 bits per heavy atom. The van der Waals surface area contributed by atoms with Crippen molar-refractivity contribution in [1.29, 1.82) is 0 Å². The van der Waals surface area contributed by atoms with Crippen molar-refractivity contribution in [1.82, 2.24) is 0 Å². The second-order valence-electron chi connectivity index (χ2n) is 6.58. The molecule has 0 saturated carbocycles. The molecule has 0 saturated heterocycles. The Kier molecular flexibility index (Phi) is 6.55. The second kappa shape index (κ2) is 9.28. The highest BCUT2D eigenvalue weighted by molar-refractivity contribution is 6.43. The minimum Gasteiger partial charge on any atom is -0.464 e. The highest BCUT2D eigenvalue weighted by Gasteiger charge is 2.18. The first-order valence-electron chi connectivity index (χ1n) is 9.24. The number of benzene rings is 2. The molecular formula is C22H24N2O4. The average molecular weight is 380 g/mol. The van der Waals surface area contributed by atoms with Gasteiger partial charge in [0, 0.05) is 11.1 Å². The van der Waals surface area contributed by atoms with E-state index in [0.717, 1.165) is 29.7 Å². The van der Waals surface area contributed by atoms with Gasteiger partial charge in [-0.25, -0.2) is 9.79 Å². The van der Waals surface area contributed by atoms with Crippen LogP contribution >= 0.6 is 0 Å². The summed E-state index contributed by atoms with van der Waals surface area (Å²) >= 11 is 0. The van der Waals surface area contributed by atoms with Gasteiger partial charge in [0.15, 0.2) is 5.71 Å². The van der Waals surface area contributed by atoms with Crippen molar-refractivity contribution in [3.8, 4) is 0 Å². The zero-order chi connectivity index (χ0) is 19.9. The maximum Gasteiger partial charge on any atom is 0.356 e. The molecule has 0 unspecified atom stereocenters. The van der Waals surface area contributed by atoms with Gasteiger partial charge in [-0.3, -0.25) is 0 Å². The molecule has 146 valence electrons. The van der Waals surface area contributed by atoms with Gasteiger partial charge in [-0.2, -0.15) is 0 Å². The van der Waals surface area contributed by atoms with Crippen molar-refractivity contribution in [3.63, 3.8) is 0 Å². The highest BCUT2D eigenvalue weighted by Crippen LogP contribution is 2.23. The molecule has 0 bridgehead atoms. The topological polar surface area (TPSA) is 80.5 Å². The van der Waals surface area contributed by atoms with Crippen LogP contribution in [-0.2, 0) is 33.8 Å². The fraction of sp³-hybridized carbons (Fsp3) is 0.318. The van der Waals surface area contributed by atoms with Crippen LogP contribution in [-0.4, -0.2) is 36.3 Å². The Morgan fingerprint density at radius 2 is 1.93 bits per heavy atom. The third kappa shape index (κ3) is 4.46. The highest BCUT2D eigenvalue weighted by atomic mass is 16.6. The van der Waals surface area contributed by atoms with E-state index < -0.39 is 12.7 Å². The Labute approximate surface area is 164 Å². The summed E-state index contributed by atoms with van der Waals surface area (Å²) in [6.07, 6.45) is 3.47. The molecule has 0 fully saturated rings. The van der Waals surface area contributed by atoms with E-state index in [1.807, 2.05) is 19.1 Å². The minimum absolute atomic E-state index is 0.0588. The molecule has 1 aliphatic carbocycles. The summed E-state index contributed by atoms with van der Waals surface area (Å²) in [5.41, 5.74) is 5.99. The Hall–Kier alpha value is -2.99. The number of aliphatic imine (C=N–C) groups is 1. The van der Waals surface area contributed by atoms with E-state index in [9.17, 15) is 4.79 Å². The molecule has 1 aliphatic rings. The zero-order valence-electron chi connectivity index (χ0n) is 16.1. The number of carbonyl (C=O) groups is 1. The monoisotopic (exact) mass is 380 g/mol. The lowest BCUT2D eigenvalue weighted by Gasteiger charge is -2.10. The maximum atomic E-state index is 12.0. The molecule has 0 amide bonds. The molecular weight excluding hydrogens is 356 g/mol. The van der Waals surface area contributed by atoms with Gasteiger partial charge in [-0.1, -0.05) is 41.6 Å². The third-order valence-corrected chi connectivity index (χ3v) is 4.82. The van der Waals surface area contributed by atoms with Gasteiger partial charge >= 0.3 is 5.97 Å². The predicted octanol–water partition coefficient (Wildman–Crippen LogP) is 3.03. The molecule has 0 heterocycles. The van der Waals surface area contributed by atoms with Gasteiger partial charge in [-0.15, -0.1) is 0 Å². The number of oxime groups is 1. The zero-order valence-corrected chi connectivity index (χ0v) is 16.1. The Morgan fingerprint density at radius 1 is 1.14 bits per heavy atom. The van der Waals surface area contributed by atoms with Crippen LogP contribution in [0.3, 0.4) is 0 Å². The SMILES string of the molecule is COC(=O)/C(=N/CO)c1ccccc1CO/N=C(\C)c1ccc2c(c1)CCC2. The van der Waals surface area contributed by atoms with E-state index in [4.69, 9.17) is 14.7 Å². The van der Waals surface area contributed by atoms with Crippen molar-refractivity contribution >= 4 is 17.4 Å². The summed E-state index contributed by atoms with van der Waals surface area (Å²) < 4.78 is 4.76. The Balaban J connectivity index is 1.75.